The molecule has 8 nitrogen and oxygen atoms in total. The van der Waals surface area contributed by atoms with Crippen LogP contribution in [0.2, 0.25) is 0 Å². The number of pyridine rings is 3. The SMILES string of the molecule is CCn1ccc2cc(Nc3cc(C)ccn3)nc(NC3CCC(=O)NC3)c2c1=O. The van der Waals surface area contributed by atoms with Gasteiger partial charge in [0.05, 0.1) is 5.39 Å². The average Bonchev–Trinajstić information content (AvgIpc) is 2.70. The van der Waals surface area contributed by atoms with Crippen molar-refractivity contribution in [2.24, 2.45) is 0 Å². The Balaban J connectivity index is 1.76. The number of anilines is 3. The predicted octanol–water partition coefficient (Wildman–Crippen LogP) is 2.55. The molecule has 0 saturated carbocycles. The average molecular weight is 392 g/mol. The molecule has 150 valence electrons. The third kappa shape index (κ3) is 4.06. The standard InChI is InChI=1S/C21H24N6O2/c1-3-27-9-7-14-11-17(25-16-10-13(2)6-8-22-16)26-20(19(14)21(27)29)24-15-4-5-18(28)23-12-15/h6-11,15H,3-5,12H2,1-2H3,(H,23,28)(H2,22,24,25,26). The van der Waals surface area contributed by atoms with Crippen LogP contribution in [-0.2, 0) is 11.3 Å². The van der Waals surface area contributed by atoms with Gasteiger partial charge in [0.15, 0.2) is 0 Å². The van der Waals surface area contributed by atoms with Crippen molar-refractivity contribution in [2.75, 3.05) is 17.2 Å². The summed E-state index contributed by atoms with van der Waals surface area (Å²) in [5, 5.41) is 10.8. The van der Waals surface area contributed by atoms with Gasteiger partial charge in [-0.1, -0.05) is 0 Å². The number of aromatic nitrogens is 3. The summed E-state index contributed by atoms with van der Waals surface area (Å²) < 4.78 is 1.66. The quantitative estimate of drug-likeness (QED) is 0.617. The summed E-state index contributed by atoms with van der Waals surface area (Å²) in [6.45, 7) is 5.02. The van der Waals surface area contributed by atoms with Gasteiger partial charge in [0.1, 0.15) is 17.5 Å². The van der Waals surface area contributed by atoms with Crippen LogP contribution >= 0.6 is 0 Å². The largest absolute Gasteiger partial charge is 0.365 e. The summed E-state index contributed by atoms with van der Waals surface area (Å²) in [5.41, 5.74) is 1.01. The number of nitrogens with zero attached hydrogens (tertiary/aromatic N) is 3. The molecule has 3 aromatic heterocycles. The summed E-state index contributed by atoms with van der Waals surface area (Å²) in [7, 11) is 0. The minimum Gasteiger partial charge on any atom is -0.365 e. The Morgan fingerprint density at radius 2 is 2.10 bits per heavy atom. The van der Waals surface area contributed by atoms with E-state index in [4.69, 9.17) is 0 Å². The highest BCUT2D eigenvalue weighted by atomic mass is 16.1. The summed E-state index contributed by atoms with van der Waals surface area (Å²) in [6, 6.07) is 7.66. The molecule has 4 rings (SSSR count). The molecule has 4 heterocycles. The minimum atomic E-state index is -0.0833. The zero-order valence-corrected chi connectivity index (χ0v) is 16.5. The lowest BCUT2D eigenvalue weighted by atomic mass is 10.1. The van der Waals surface area contributed by atoms with Crippen LogP contribution in [0.15, 0.2) is 41.5 Å². The van der Waals surface area contributed by atoms with Gasteiger partial charge in [0.2, 0.25) is 5.91 Å². The molecular weight excluding hydrogens is 368 g/mol. The fourth-order valence-corrected chi connectivity index (χ4v) is 3.51. The molecule has 1 atom stereocenters. The first-order valence-corrected chi connectivity index (χ1v) is 9.80. The molecule has 8 heteroatoms. The Bertz CT molecular complexity index is 1110. The normalized spacial score (nSPS) is 16.5. The van der Waals surface area contributed by atoms with E-state index in [1.807, 2.05) is 38.1 Å². The third-order valence-electron chi connectivity index (χ3n) is 5.08. The van der Waals surface area contributed by atoms with Crippen LogP contribution in [-0.4, -0.2) is 33.0 Å². The summed E-state index contributed by atoms with van der Waals surface area (Å²) in [5.74, 6) is 1.86. The lowest BCUT2D eigenvalue weighted by Gasteiger charge is -2.25. The van der Waals surface area contributed by atoms with Gasteiger partial charge in [0, 0.05) is 37.9 Å². The molecule has 0 spiro atoms. The zero-order chi connectivity index (χ0) is 20.4. The summed E-state index contributed by atoms with van der Waals surface area (Å²) in [6.07, 6.45) is 4.69. The van der Waals surface area contributed by atoms with Crippen molar-refractivity contribution in [3.63, 3.8) is 0 Å². The smallest absolute Gasteiger partial charge is 0.262 e. The first-order chi connectivity index (χ1) is 14.0. The Morgan fingerprint density at radius 1 is 1.24 bits per heavy atom. The van der Waals surface area contributed by atoms with Gasteiger partial charge in [-0.15, -0.1) is 0 Å². The van der Waals surface area contributed by atoms with Crippen molar-refractivity contribution < 1.29 is 4.79 Å². The van der Waals surface area contributed by atoms with E-state index in [1.54, 1.807) is 17.0 Å². The lowest BCUT2D eigenvalue weighted by Crippen LogP contribution is -2.42. The number of carbonyl (C=O) groups excluding carboxylic acids is 1. The van der Waals surface area contributed by atoms with E-state index in [0.29, 0.717) is 48.8 Å². The van der Waals surface area contributed by atoms with Gasteiger partial charge in [-0.3, -0.25) is 9.59 Å². The Labute approximate surface area is 168 Å². The Morgan fingerprint density at radius 3 is 2.83 bits per heavy atom. The van der Waals surface area contributed by atoms with E-state index in [9.17, 15) is 9.59 Å². The number of hydrogen-bond acceptors (Lipinski definition) is 6. The van der Waals surface area contributed by atoms with Gasteiger partial charge >= 0.3 is 0 Å². The van der Waals surface area contributed by atoms with Crippen molar-refractivity contribution in [3.8, 4) is 0 Å². The Hall–Kier alpha value is -3.42. The molecule has 1 saturated heterocycles. The fourth-order valence-electron chi connectivity index (χ4n) is 3.51. The number of piperidine rings is 1. The maximum atomic E-state index is 13.0. The van der Waals surface area contributed by atoms with Crippen molar-refractivity contribution >= 4 is 34.1 Å². The van der Waals surface area contributed by atoms with Crippen LogP contribution in [0, 0.1) is 6.92 Å². The molecule has 1 unspecified atom stereocenters. The van der Waals surface area contributed by atoms with Crippen molar-refractivity contribution in [1.29, 1.82) is 0 Å². The molecule has 0 aromatic carbocycles. The van der Waals surface area contributed by atoms with E-state index in [0.717, 1.165) is 10.9 Å². The maximum absolute atomic E-state index is 13.0. The topological polar surface area (TPSA) is 101 Å². The highest BCUT2D eigenvalue weighted by molar-refractivity contribution is 5.93. The van der Waals surface area contributed by atoms with Crippen molar-refractivity contribution in [2.45, 2.75) is 39.3 Å². The second-order valence-corrected chi connectivity index (χ2v) is 7.25. The van der Waals surface area contributed by atoms with Gasteiger partial charge in [-0.2, -0.15) is 0 Å². The lowest BCUT2D eigenvalue weighted by molar-refractivity contribution is -0.122. The first kappa shape index (κ1) is 18.9. The second-order valence-electron chi connectivity index (χ2n) is 7.25. The number of aryl methyl sites for hydroxylation is 2. The molecule has 1 amide bonds. The first-order valence-electron chi connectivity index (χ1n) is 9.80. The van der Waals surface area contributed by atoms with Crippen LogP contribution in [0.5, 0.6) is 0 Å². The van der Waals surface area contributed by atoms with E-state index in [-0.39, 0.29) is 17.5 Å². The maximum Gasteiger partial charge on any atom is 0.262 e. The van der Waals surface area contributed by atoms with Crippen LogP contribution in [0.4, 0.5) is 17.5 Å². The third-order valence-corrected chi connectivity index (χ3v) is 5.08. The highest BCUT2D eigenvalue weighted by Gasteiger charge is 2.20. The van der Waals surface area contributed by atoms with Crippen molar-refractivity contribution in [1.82, 2.24) is 19.9 Å². The number of carbonyl (C=O) groups is 1. The summed E-state index contributed by atoms with van der Waals surface area (Å²) in [4.78, 5) is 33.5. The molecule has 3 aromatic rings. The van der Waals surface area contributed by atoms with Gasteiger partial charge in [-0.05, 0) is 55.5 Å². The highest BCUT2D eigenvalue weighted by Crippen LogP contribution is 2.25. The number of fused-ring (bicyclic) bond motifs is 1. The van der Waals surface area contributed by atoms with E-state index in [1.165, 1.54) is 0 Å². The Kier molecular flexibility index (Phi) is 5.16. The molecular formula is C21H24N6O2. The van der Waals surface area contributed by atoms with E-state index >= 15 is 0 Å². The monoisotopic (exact) mass is 392 g/mol. The van der Waals surface area contributed by atoms with Crippen molar-refractivity contribution in [3.05, 3.63) is 52.6 Å². The minimum absolute atomic E-state index is 0.0189. The fraction of sp³-hybridized carbons (Fsp3) is 0.333. The number of nitrogens with one attached hydrogen (secondary N) is 3. The zero-order valence-electron chi connectivity index (χ0n) is 16.5. The predicted molar refractivity (Wildman–Crippen MR) is 114 cm³/mol. The molecule has 1 fully saturated rings. The van der Waals surface area contributed by atoms with E-state index in [2.05, 4.69) is 25.9 Å². The number of hydrogen-bond donors (Lipinski definition) is 3. The summed E-state index contributed by atoms with van der Waals surface area (Å²) >= 11 is 0. The molecule has 0 radical (unpaired) electrons. The second kappa shape index (κ2) is 7.90. The van der Waals surface area contributed by atoms with E-state index < -0.39 is 0 Å². The number of rotatable bonds is 5. The molecule has 0 aliphatic carbocycles. The van der Waals surface area contributed by atoms with Gasteiger partial charge in [-0.25, -0.2) is 9.97 Å². The van der Waals surface area contributed by atoms with Crippen LogP contribution in [0.25, 0.3) is 10.8 Å². The van der Waals surface area contributed by atoms with Gasteiger partial charge in [0.25, 0.3) is 5.56 Å². The van der Waals surface area contributed by atoms with Crippen LogP contribution in [0.3, 0.4) is 0 Å². The van der Waals surface area contributed by atoms with Gasteiger partial charge < -0.3 is 20.5 Å². The molecule has 0 bridgehead atoms. The molecule has 3 N–H and O–H groups in total. The van der Waals surface area contributed by atoms with Crippen LogP contribution in [0.1, 0.15) is 25.3 Å². The molecule has 1 aliphatic heterocycles. The van der Waals surface area contributed by atoms with Crippen LogP contribution < -0.4 is 21.5 Å². The molecule has 1 aliphatic rings. The molecule has 29 heavy (non-hydrogen) atoms. The number of amides is 1.